The molecular weight excluding hydrogens is 198 g/mol. The van der Waals surface area contributed by atoms with E-state index in [0.29, 0.717) is 0 Å². The van der Waals surface area contributed by atoms with E-state index in [1.54, 1.807) is 6.08 Å². The maximum absolute atomic E-state index is 5.61. The van der Waals surface area contributed by atoms with Crippen LogP contribution < -0.4 is 10.1 Å². The molecule has 1 rings (SSSR count). The van der Waals surface area contributed by atoms with Gasteiger partial charge >= 0.3 is 0 Å². The van der Waals surface area contributed by atoms with Gasteiger partial charge in [-0.3, -0.25) is 0 Å². The first-order valence-corrected chi connectivity index (χ1v) is 5.85. The van der Waals surface area contributed by atoms with Crippen LogP contribution in [0, 0.1) is 0 Å². The van der Waals surface area contributed by atoms with Crippen molar-refractivity contribution in [2.45, 2.75) is 32.9 Å². The highest BCUT2D eigenvalue weighted by Crippen LogP contribution is 2.14. The first-order valence-electron chi connectivity index (χ1n) is 5.85. The molecule has 0 fully saturated rings. The molecule has 0 aliphatic carbocycles. The highest BCUT2D eigenvalue weighted by molar-refractivity contribution is 5.27. The van der Waals surface area contributed by atoms with Crippen LogP contribution in [0.1, 0.15) is 25.8 Å². The molecule has 0 amide bonds. The predicted molar refractivity (Wildman–Crippen MR) is 68.7 cm³/mol. The fourth-order valence-corrected chi connectivity index (χ4v) is 1.36. The maximum Gasteiger partial charge on any atom is 0.120 e. The summed E-state index contributed by atoms with van der Waals surface area (Å²) in [5, 5.41) is 3.37. The van der Waals surface area contributed by atoms with Crippen LogP contribution >= 0.6 is 0 Å². The second-order valence-corrected chi connectivity index (χ2v) is 3.88. The summed E-state index contributed by atoms with van der Waals surface area (Å²) in [5.41, 5.74) is 1.28. The lowest BCUT2D eigenvalue weighted by Gasteiger charge is -2.11. The summed E-state index contributed by atoms with van der Waals surface area (Å²) in [7, 11) is 0. The standard InChI is InChI=1S/C14H21NO/c1-4-10-15-11-13-6-8-14(9-7-13)16-12(3)5-2/h5-9,12,15H,2,4,10-11H2,1,3H3. The summed E-state index contributed by atoms with van der Waals surface area (Å²) in [6, 6.07) is 8.19. The molecule has 0 aromatic heterocycles. The lowest BCUT2D eigenvalue weighted by Crippen LogP contribution is -2.13. The second-order valence-electron chi connectivity index (χ2n) is 3.88. The van der Waals surface area contributed by atoms with Crippen LogP contribution in [0.15, 0.2) is 36.9 Å². The number of benzene rings is 1. The van der Waals surface area contributed by atoms with E-state index in [1.165, 1.54) is 5.56 Å². The van der Waals surface area contributed by atoms with E-state index in [1.807, 2.05) is 19.1 Å². The number of rotatable bonds is 7. The van der Waals surface area contributed by atoms with Crippen molar-refractivity contribution in [3.8, 4) is 5.75 Å². The molecule has 1 atom stereocenters. The topological polar surface area (TPSA) is 21.3 Å². The zero-order valence-corrected chi connectivity index (χ0v) is 10.2. The smallest absolute Gasteiger partial charge is 0.120 e. The summed E-state index contributed by atoms with van der Waals surface area (Å²) < 4.78 is 5.61. The minimum atomic E-state index is 0.0593. The van der Waals surface area contributed by atoms with Crippen LogP contribution in [0.25, 0.3) is 0 Å². The average molecular weight is 219 g/mol. The van der Waals surface area contributed by atoms with Gasteiger partial charge < -0.3 is 10.1 Å². The zero-order valence-electron chi connectivity index (χ0n) is 10.2. The summed E-state index contributed by atoms with van der Waals surface area (Å²) in [6.45, 7) is 9.82. The Morgan fingerprint density at radius 2 is 2.06 bits per heavy atom. The van der Waals surface area contributed by atoms with E-state index in [2.05, 4.69) is 31.0 Å². The Morgan fingerprint density at radius 3 is 2.62 bits per heavy atom. The van der Waals surface area contributed by atoms with Gasteiger partial charge in [-0.15, -0.1) is 0 Å². The van der Waals surface area contributed by atoms with Gasteiger partial charge in [-0.25, -0.2) is 0 Å². The Morgan fingerprint density at radius 1 is 1.38 bits per heavy atom. The molecule has 16 heavy (non-hydrogen) atoms. The van der Waals surface area contributed by atoms with Crippen molar-refractivity contribution >= 4 is 0 Å². The largest absolute Gasteiger partial charge is 0.487 e. The molecule has 0 aliphatic heterocycles. The summed E-state index contributed by atoms with van der Waals surface area (Å²) in [6.07, 6.45) is 3.01. The van der Waals surface area contributed by atoms with E-state index in [9.17, 15) is 0 Å². The number of nitrogens with one attached hydrogen (secondary N) is 1. The van der Waals surface area contributed by atoms with Crippen molar-refractivity contribution in [1.29, 1.82) is 0 Å². The zero-order chi connectivity index (χ0) is 11.8. The number of ether oxygens (including phenoxy) is 1. The molecule has 1 aromatic rings. The molecule has 1 aromatic carbocycles. The normalized spacial score (nSPS) is 12.1. The van der Waals surface area contributed by atoms with E-state index in [4.69, 9.17) is 4.74 Å². The van der Waals surface area contributed by atoms with Crippen molar-refractivity contribution in [3.63, 3.8) is 0 Å². The van der Waals surface area contributed by atoms with E-state index in [-0.39, 0.29) is 6.10 Å². The third-order valence-electron chi connectivity index (χ3n) is 2.33. The Kier molecular flexibility index (Phi) is 5.65. The van der Waals surface area contributed by atoms with E-state index < -0.39 is 0 Å². The Hall–Kier alpha value is -1.28. The number of hydrogen-bond donors (Lipinski definition) is 1. The molecule has 0 saturated carbocycles. The summed E-state index contributed by atoms with van der Waals surface area (Å²) in [4.78, 5) is 0. The SMILES string of the molecule is C=CC(C)Oc1ccc(CNCCC)cc1. The van der Waals surface area contributed by atoms with Crippen LogP contribution in [0.2, 0.25) is 0 Å². The van der Waals surface area contributed by atoms with Gasteiger partial charge in [-0.05, 0) is 37.6 Å². The Balaban J connectivity index is 2.44. The fourth-order valence-electron chi connectivity index (χ4n) is 1.36. The third kappa shape index (κ3) is 4.49. The summed E-state index contributed by atoms with van der Waals surface area (Å²) in [5.74, 6) is 0.895. The van der Waals surface area contributed by atoms with Crippen LogP contribution in [0.4, 0.5) is 0 Å². The van der Waals surface area contributed by atoms with Crippen LogP contribution in [0.5, 0.6) is 5.75 Å². The molecule has 0 aliphatic rings. The van der Waals surface area contributed by atoms with Gasteiger partial charge in [0.05, 0.1) is 0 Å². The molecule has 0 saturated heterocycles. The Labute approximate surface area is 98.3 Å². The molecule has 0 radical (unpaired) electrons. The van der Waals surface area contributed by atoms with Gasteiger partial charge in [0, 0.05) is 6.54 Å². The van der Waals surface area contributed by atoms with Crippen molar-refractivity contribution in [2.24, 2.45) is 0 Å². The minimum Gasteiger partial charge on any atom is -0.487 e. The molecule has 1 unspecified atom stereocenters. The van der Waals surface area contributed by atoms with Crippen molar-refractivity contribution in [3.05, 3.63) is 42.5 Å². The minimum absolute atomic E-state index is 0.0593. The third-order valence-corrected chi connectivity index (χ3v) is 2.33. The number of hydrogen-bond acceptors (Lipinski definition) is 2. The first kappa shape index (κ1) is 12.8. The van der Waals surface area contributed by atoms with Gasteiger partial charge in [0.25, 0.3) is 0 Å². The Bertz CT molecular complexity index is 305. The van der Waals surface area contributed by atoms with E-state index in [0.717, 1.165) is 25.3 Å². The van der Waals surface area contributed by atoms with Gasteiger partial charge in [0.2, 0.25) is 0 Å². The molecule has 2 heteroatoms. The van der Waals surface area contributed by atoms with Crippen molar-refractivity contribution in [2.75, 3.05) is 6.54 Å². The van der Waals surface area contributed by atoms with Crippen LogP contribution in [0.3, 0.4) is 0 Å². The molecule has 0 spiro atoms. The summed E-state index contributed by atoms with van der Waals surface area (Å²) >= 11 is 0. The molecule has 88 valence electrons. The second kappa shape index (κ2) is 7.07. The maximum atomic E-state index is 5.61. The predicted octanol–water partition coefficient (Wildman–Crippen LogP) is 3.14. The first-order chi connectivity index (χ1) is 7.76. The molecular formula is C14H21NO. The van der Waals surface area contributed by atoms with E-state index >= 15 is 0 Å². The van der Waals surface area contributed by atoms with Gasteiger partial charge in [-0.2, -0.15) is 0 Å². The van der Waals surface area contributed by atoms with Crippen molar-refractivity contribution in [1.82, 2.24) is 5.32 Å². The fraction of sp³-hybridized carbons (Fsp3) is 0.429. The monoisotopic (exact) mass is 219 g/mol. The highest BCUT2D eigenvalue weighted by atomic mass is 16.5. The van der Waals surface area contributed by atoms with Crippen molar-refractivity contribution < 1.29 is 4.74 Å². The molecule has 1 N–H and O–H groups in total. The average Bonchev–Trinajstić information content (AvgIpc) is 2.31. The molecule has 0 heterocycles. The highest BCUT2D eigenvalue weighted by Gasteiger charge is 1.98. The van der Waals surface area contributed by atoms with Gasteiger partial charge in [-0.1, -0.05) is 31.7 Å². The molecule has 0 bridgehead atoms. The van der Waals surface area contributed by atoms with Gasteiger partial charge in [0.15, 0.2) is 0 Å². The van der Waals surface area contributed by atoms with Crippen LogP contribution in [-0.4, -0.2) is 12.6 Å². The lowest BCUT2D eigenvalue weighted by molar-refractivity contribution is 0.270. The lowest BCUT2D eigenvalue weighted by atomic mass is 10.2. The quantitative estimate of drug-likeness (QED) is 0.562. The van der Waals surface area contributed by atoms with Crippen LogP contribution in [-0.2, 0) is 6.54 Å². The molecule has 2 nitrogen and oxygen atoms in total. The van der Waals surface area contributed by atoms with Gasteiger partial charge in [0.1, 0.15) is 11.9 Å².